The first-order valence-electron chi connectivity index (χ1n) is 11.5. The second kappa shape index (κ2) is 10.3. The lowest BCUT2D eigenvalue weighted by atomic mass is 10.1. The number of rotatable bonds is 8. The molecule has 1 aliphatic heterocycles. The minimum Gasteiger partial charge on any atom is -0.496 e. The molecule has 0 aliphatic carbocycles. The standard InChI is InChI=1S/C27H28N4O2S/c1-33-25-14-8-5-11-20(25)16-28-26(32)24-15-21(18-31(24)17-19-9-3-2-4-10-19)34-27-29-22-12-6-7-13-23(22)30-27/h2-14,21,24H,15-18H2,1H3,(H,28,32)(H,29,30)/t21-,24+/m1/s1. The number of aromatic amines is 1. The van der Waals surface area contributed by atoms with E-state index in [1.807, 2.05) is 66.7 Å². The number of carbonyl (C=O) groups excluding carboxylic acids is 1. The third kappa shape index (κ3) is 5.11. The van der Waals surface area contributed by atoms with Gasteiger partial charge in [0.2, 0.25) is 5.91 Å². The monoisotopic (exact) mass is 472 g/mol. The van der Waals surface area contributed by atoms with Crippen molar-refractivity contribution in [3.05, 3.63) is 90.0 Å². The van der Waals surface area contributed by atoms with Crippen molar-refractivity contribution in [1.29, 1.82) is 0 Å². The smallest absolute Gasteiger partial charge is 0.237 e. The van der Waals surface area contributed by atoms with Gasteiger partial charge in [-0.1, -0.05) is 72.4 Å². The van der Waals surface area contributed by atoms with E-state index < -0.39 is 0 Å². The van der Waals surface area contributed by atoms with Crippen LogP contribution < -0.4 is 10.1 Å². The van der Waals surface area contributed by atoms with Crippen LogP contribution in [0.3, 0.4) is 0 Å². The molecule has 174 valence electrons. The molecule has 1 fully saturated rings. The molecule has 2 atom stereocenters. The Kier molecular flexibility index (Phi) is 6.83. The van der Waals surface area contributed by atoms with Gasteiger partial charge in [-0.3, -0.25) is 9.69 Å². The molecular weight excluding hydrogens is 444 g/mol. The molecule has 0 saturated carbocycles. The van der Waals surface area contributed by atoms with E-state index >= 15 is 0 Å². The number of para-hydroxylation sites is 3. The fourth-order valence-electron chi connectivity index (χ4n) is 4.50. The summed E-state index contributed by atoms with van der Waals surface area (Å²) >= 11 is 1.72. The molecule has 0 radical (unpaired) electrons. The molecule has 0 unspecified atom stereocenters. The van der Waals surface area contributed by atoms with Gasteiger partial charge >= 0.3 is 0 Å². The summed E-state index contributed by atoms with van der Waals surface area (Å²) in [5.74, 6) is 0.836. The maximum atomic E-state index is 13.3. The Morgan fingerprint density at radius 3 is 2.68 bits per heavy atom. The van der Waals surface area contributed by atoms with E-state index in [9.17, 15) is 4.79 Å². The minimum absolute atomic E-state index is 0.0505. The topological polar surface area (TPSA) is 70.2 Å². The quantitative estimate of drug-likeness (QED) is 0.392. The van der Waals surface area contributed by atoms with Crippen LogP contribution in [-0.2, 0) is 17.9 Å². The van der Waals surface area contributed by atoms with Crippen molar-refractivity contribution in [2.24, 2.45) is 0 Å². The van der Waals surface area contributed by atoms with Crippen LogP contribution in [0.5, 0.6) is 5.75 Å². The average molecular weight is 473 g/mol. The highest BCUT2D eigenvalue weighted by molar-refractivity contribution is 7.99. The van der Waals surface area contributed by atoms with Gasteiger partial charge in [0.25, 0.3) is 0 Å². The molecule has 7 heteroatoms. The van der Waals surface area contributed by atoms with E-state index in [2.05, 4.69) is 27.3 Å². The highest BCUT2D eigenvalue weighted by Gasteiger charge is 2.37. The number of hydrogen-bond donors (Lipinski definition) is 2. The zero-order valence-corrected chi connectivity index (χ0v) is 19.9. The summed E-state index contributed by atoms with van der Waals surface area (Å²) in [6.45, 7) is 2.01. The molecule has 0 bridgehead atoms. The second-order valence-corrected chi connectivity index (χ2v) is 9.78. The number of fused-ring (bicyclic) bond motifs is 1. The number of methoxy groups -OCH3 is 1. The SMILES string of the molecule is COc1ccccc1CNC(=O)[C@@H]1C[C@@H](Sc2nc3ccccc3[nH]2)CN1Cc1ccccc1. The van der Waals surface area contributed by atoms with E-state index in [0.29, 0.717) is 6.54 Å². The molecule has 6 nitrogen and oxygen atoms in total. The highest BCUT2D eigenvalue weighted by Crippen LogP contribution is 2.33. The lowest BCUT2D eigenvalue weighted by Gasteiger charge is -2.23. The van der Waals surface area contributed by atoms with Gasteiger partial charge in [-0.15, -0.1) is 0 Å². The van der Waals surface area contributed by atoms with Gasteiger partial charge in [0.1, 0.15) is 5.75 Å². The van der Waals surface area contributed by atoms with Gasteiger partial charge in [0.05, 0.1) is 24.2 Å². The zero-order valence-electron chi connectivity index (χ0n) is 19.1. The van der Waals surface area contributed by atoms with E-state index in [1.165, 1.54) is 5.56 Å². The lowest BCUT2D eigenvalue weighted by molar-refractivity contribution is -0.125. The fourth-order valence-corrected chi connectivity index (χ4v) is 5.68. The highest BCUT2D eigenvalue weighted by atomic mass is 32.2. The Morgan fingerprint density at radius 2 is 1.85 bits per heavy atom. The zero-order chi connectivity index (χ0) is 23.3. The molecule has 2 heterocycles. The van der Waals surface area contributed by atoms with Gasteiger partial charge in [-0.2, -0.15) is 0 Å². The Bertz CT molecular complexity index is 1230. The molecule has 1 amide bonds. The van der Waals surface area contributed by atoms with Crippen LogP contribution in [0.4, 0.5) is 0 Å². The number of thioether (sulfide) groups is 1. The van der Waals surface area contributed by atoms with E-state index in [1.54, 1.807) is 18.9 Å². The van der Waals surface area contributed by atoms with Crippen molar-refractivity contribution in [3.63, 3.8) is 0 Å². The number of imidazole rings is 1. The van der Waals surface area contributed by atoms with Crippen LogP contribution in [0.25, 0.3) is 11.0 Å². The van der Waals surface area contributed by atoms with Crippen LogP contribution in [0, 0.1) is 0 Å². The molecule has 1 aromatic heterocycles. The Labute approximate surface area is 203 Å². The molecule has 5 rings (SSSR count). The van der Waals surface area contributed by atoms with Crippen molar-refractivity contribution >= 4 is 28.7 Å². The van der Waals surface area contributed by atoms with E-state index in [0.717, 1.165) is 47.0 Å². The van der Waals surface area contributed by atoms with Crippen molar-refractivity contribution in [3.8, 4) is 5.75 Å². The number of likely N-dealkylation sites (tertiary alicyclic amines) is 1. The van der Waals surface area contributed by atoms with Crippen molar-refractivity contribution in [2.45, 2.75) is 36.0 Å². The molecule has 34 heavy (non-hydrogen) atoms. The Hall–Kier alpha value is -3.29. The van der Waals surface area contributed by atoms with Crippen molar-refractivity contribution in [2.75, 3.05) is 13.7 Å². The first-order chi connectivity index (χ1) is 16.7. The van der Waals surface area contributed by atoms with Gasteiger partial charge < -0.3 is 15.0 Å². The number of nitrogens with one attached hydrogen (secondary N) is 2. The molecule has 0 spiro atoms. The Balaban J connectivity index is 1.30. The molecule has 2 N–H and O–H groups in total. The Morgan fingerprint density at radius 1 is 1.09 bits per heavy atom. The average Bonchev–Trinajstić information content (AvgIpc) is 3.46. The number of H-pyrrole nitrogens is 1. The summed E-state index contributed by atoms with van der Waals surface area (Å²) in [5.41, 5.74) is 4.18. The first kappa shape index (κ1) is 22.5. The number of aromatic nitrogens is 2. The lowest BCUT2D eigenvalue weighted by Crippen LogP contribution is -2.42. The van der Waals surface area contributed by atoms with Crippen LogP contribution in [-0.4, -0.2) is 45.7 Å². The third-order valence-corrected chi connectivity index (χ3v) is 7.28. The summed E-state index contributed by atoms with van der Waals surface area (Å²) in [7, 11) is 1.65. The minimum atomic E-state index is -0.197. The second-order valence-electron chi connectivity index (χ2n) is 8.50. The predicted molar refractivity (Wildman–Crippen MR) is 136 cm³/mol. The number of carbonyl (C=O) groups is 1. The molecule has 3 aromatic carbocycles. The summed E-state index contributed by atoms with van der Waals surface area (Å²) in [4.78, 5) is 23.8. The maximum absolute atomic E-state index is 13.3. The largest absolute Gasteiger partial charge is 0.496 e. The van der Waals surface area contributed by atoms with Gasteiger partial charge in [-0.25, -0.2) is 4.98 Å². The molecule has 1 aliphatic rings. The third-order valence-electron chi connectivity index (χ3n) is 6.19. The number of ether oxygens (including phenoxy) is 1. The fraction of sp³-hybridized carbons (Fsp3) is 0.259. The van der Waals surface area contributed by atoms with Crippen molar-refractivity contribution < 1.29 is 9.53 Å². The van der Waals surface area contributed by atoms with E-state index in [4.69, 9.17) is 9.72 Å². The summed E-state index contributed by atoms with van der Waals surface area (Å²) in [6.07, 6.45) is 0.770. The van der Waals surface area contributed by atoms with Crippen LogP contribution in [0.1, 0.15) is 17.5 Å². The van der Waals surface area contributed by atoms with Crippen LogP contribution in [0.2, 0.25) is 0 Å². The first-order valence-corrected chi connectivity index (χ1v) is 12.4. The van der Waals surface area contributed by atoms with Gasteiger partial charge in [-0.05, 0) is 30.2 Å². The molecular formula is C27H28N4O2S. The van der Waals surface area contributed by atoms with Crippen LogP contribution in [0.15, 0.2) is 84.0 Å². The maximum Gasteiger partial charge on any atom is 0.237 e. The summed E-state index contributed by atoms with van der Waals surface area (Å²) in [6, 6.07) is 26.0. The van der Waals surface area contributed by atoms with E-state index in [-0.39, 0.29) is 17.2 Å². The summed E-state index contributed by atoms with van der Waals surface area (Å²) in [5, 5.41) is 4.32. The number of amides is 1. The number of nitrogens with zero attached hydrogens (tertiary/aromatic N) is 2. The number of hydrogen-bond acceptors (Lipinski definition) is 5. The van der Waals surface area contributed by atoms with Crippen molar-refractivity contribution in [1.82, 2.24) is 20.2 Å². The van der Waals surface area contributed by atoms with Gasteiger partial charge in [0, 0.05) is 30.4 Å². The predicted octanol–water partition coefficient (Wildman–Crippen LogP) is 4.62. The summed E-state index contributed by atoms with van der Waals surface area (Å²) < 4.78 is 5.44. The van der Waals surface area contributed by atoms with Gasteiger partial charge in [0.15, 0.2) is 5.16 Å². The molecule has 4 aromatic rings. The van der Waals surface area contributed by atoms with Crippen LogP contribution >= 0.6 is 11.8 Å². The number of benzene rings is 3. The molecule has 1 saturated heterocycles. The normalized spacial score (nSPS) is 18.3.